The molecule has 4 aliphatic heterocycles. The fourth-order valence-electron chi connectivity index (χ4n) is 12.6. The molecule has 3 heteroatoms. The van der Waals surface area contributed by atoms with E-state index in [0.29, 0.717) is 12.1 Å². The summed E-state index contributed by atoms with van der Waals surface area (Å²) in [5.74, 6) is 2.87. The van der Waals surface area contributed by atoms with Gasteiger partial charge >= 0.3 is 0 Å². The molecule has 2 nitrogen and oxygen atoms in total. The van der Waals surface area contributed by atoms with Crippen molar-refractivity contribution >= 4 is 67.4 Å². The summed E-state index contributed by atoms with van der Waals surface area (Å²) in [6.45, 7) is 2.57. The lowest BCUT2D eigenvalue weighted by molar-refractivity contribution is -0.00514. The van der Waals surface area contributed by atoms with Crippen LogP contribution in [-0.2, 0) is 18.3 Å². The summed E-state index contributed by atoms with van der Waals surface area (Å²) in [5, 5.41) is 5.78. The van der Waals surface area contributed by atoms with Crippen LogP contribution in [0.25, 0.3) is 21.5 Å². The number of hydrogen-bond acceptors (Lipinski definition) is 2. The van der Waals surface area contributed by atoms with Crippen LogP contribution in [0.1, 0.15) is 68.1 Å². The maximum absolute atomic E-state index is 2.82. The third kappa shape index (κ3) is 3.04. The summed E-state index contributed by atoms with van der Waals surface area (Å²) in [6.07, 6.45) is 13.6. The zero-order valence-corrected chi connectivity index (χ0v) is 26.1. The number of hydrogen-bond donors (Lipinski definition) is 0. The van der Waals surface area contributed by atoms with E-state index in [2.05, 4.69) is 82.6 Å². The van der Waals surface area contributed by atoms with Crippen molar-refractivity contribution in [3.63, 3.8) is 0 Å². The molecule has 45 heavy (non-hydrogen) atoms. The van der Waals surface area contributed by atoms with Gasteiger partial charge in [0.05, 0.1) is 0 Å². The first kappa shape index (κ1) is 24.5. The van der Waals surface area contributed by atoms with Gasteiger partial charge in [0, 0.05) is 35.8 Å². The molecule has 0 N–H and O–H groups in total. The van der Waals surface area contributed by atoms with Gasteiger partial charge in [0.25, 0.3) is 6.71 Å². The van der Waals surface area contributed by atoms with Crippen LogP contribution in [0.4, 0.5) is 22.7 Å². The molecule has 5 aromatic carbocycles. The topological polar surface area (TPSA) is 6.48 Å². The van der Waals surface area contributed by atoms with Crippen molar-refractivity contribution in [2.45, 2.75) is 69.6 Å². The Morgan fingerprint density at radius 1 is 0.600 bits per heavy atom. The summed E-state index contributed by atoms with van der Waals surface area (Å²) in [6, 6.07) is 29.2. The lowest BCUT2D eigenvalue weighted by Gasteiger charge is -2.57. The zero-order valence-electron chi connectivity index (χ0n) is 26.1. The third-order valence-corrected chi connectivity index (χ3v) is 13.7. The monoisotopic (exact) mass is 582 g/mol. The molecule has 220 valence electrons. The smallest absolute Gasteiger partial charge is 0.252 e. The van der Waals surface area contributed by atoms with Crippen molar-refractivity contribution in [3.05, 3.63) is 89.5 Å². The van der Waals surface area contributed by atoms with Crippen LogP contribution < -0.4 is 26.2 Å². The minimum atomic E-state index is 0.292. The van der Waals surface area contributed by atoms with Gasteiger partial charge in [0.2, 0.25) is 0 Å². The SMILES string of the molecule is c1ccc2c3c4c(cc2c1)B1c2cc5ccccc5c5c2N(CCC5)c2cc(C56CC7CC(CC(C7)C5)C6)cc(c21)N4CCC3. The van der Waals surface area contributed by atoms with Gasteiger partial charge in [-0.25, -0.2) is 0 Å². The van der Waals surface area contributed by atoms with Crippen molar-refractivity contribution in [2.75, 3.05) is 22.9 Å². The highest BCUT2D eigenvalue weighted by atomic mass is 15.2. The lowest BCUT2D eigenvalue weighted by Crippen LogP contribution is -2.63. The van der Waals surface area contributed by atoms with Crippen molar-refractivity contribution < 1.29 is 0 Å². The molecule has 13 rings (SSSR count). The predicted molar refractivity (Wildman–Crippen MR) is 189 cm³/mol. The molecule has 0 radical (unpaired) electrons. The Morgan fingerprint density at radius 2 is 1.09 bits per heavy atom. The molecule has 4 saturated carbocycles. The van der Waals surface area contributed by atoms with E-state index < -0.39 is 0 Å². The Kier molecular flexibility index (Phi) is 4.55. The molecular formula is C42H39BN2. The second-order valence-corrected chi connectivity index (χ2v) is 16.1. The molecule has 4 heterocycles. The minimum Gasteiger partial charge on any atom is -0.342 e. The van der Waals surface area contributed by atoms with Crippen LogP contribution in [0.15, 0.2) is 72.8 Å². The highest BCUT2D eigenvalue weighted by Gasteiger charge is 2.53. The van der Waals surface area contributed by atoms with E-state index in [1.165, 1.54) is 85.8 Å². The van der Waals surface area contributed by atoms with Crippen LogP contribution in [0.2, 0.25) is 0 Å². The number of fused-ring (bicyclic) bond motifs is 8. The first-order chi connectivity index (χ1) is 22.2. The quantitative estimate of drug-likeness (QED) is 0.186. The van der Waals surface area contributed by atoms with E-state index in [1.54, 1.807) is 55.8 Å². The molecule has 0 amide bonds. The Bertz CT molecular complexity index is 1980. The Hall–Kier alpha value is -3.72. The minimum absolute atomic E-state index is 0.292. The molecule has 0 atom stereocenters. The second-order valence-electron chi connectivity index (χ2n) is 16.1. The van der Waals surface area contributed by atoms with Gasteiger partial charge in [-0.05, 0) is 154 Å². The summed E-state index contributed by atoms with van der Waals surface area (Å²) in [4.78, 5) is 5.63. The van der Waals surface area contributed by atoms with Crippen molar-refractivity contribution in [3.8, 4) is 0 Å². The zero-order chi connectivity index (χ0) is 29.0. The average Bonchev–Trinajstić information content (AvgIpc) is 3.07. The van der Waals surface area contributed by atoms with E-state index in [0.717, 1.165) is 30.8 Å². The number of benzene rings is 5. The number of rotatable bonds is 1. The van der Waals surface area contributed by atoms with E-state index in [4.69, 9.17) is 0 Å². The van der Waals surface area contributed by atoms with Gasteiger partial charge in [-0.2, -0.15) is 0 Å². The Labute approximate surface area is 266 Å². The van der Waals surface area contributed by atoms with E-state index in [9.17, 15) is 0 Å². The van der Waals surface area contributed by atoms with Crippen LogP contribution >= 0.6 is 0 Å². The van der Waals surface area contributed by atoms with Crippen LogP contribution in [-0.4, -0.2) is 19.8 Å². The summed E-state index contributed by atoms with van der Waals surface area (Å²) < 4.78 is 0. The van der Waals surface area contributed by atoms with E-state index in [-0.39, 0.29) is 0 Å². The fourth-order valence-corrected chi connectivity index (χ4v) is 12.6. The maximum atomic E-state index is 2.82. The highest BCUT2D eigenvalue weighted by Crippen LogP contribution is 2.61. The molecule has 0 unspecified atom stereocenters. The van der Waals surface area contributed by atoms with Gasteiger partial charge in [-0.1, -0.05) is 60.7 Å². The van der Waals surface area contributed by atoms with E-state index in [1.807, 2.05) is 0 Å². The molecule has 4 aliphatic carbocycles. The summed E-state index contributed by atoms with van der Waals surface area (Å²) in [7, 11) is 0. The number of anilines is 4. The molecule has 0 saturated heterocycles. The summed E-state index contributed by atoms with van der Waals surface area (Å²) in [5.41, 5.74) is 16.2. The predicted octanol–water partition coefficient (Wildman–Crippen LogP) is 7.77. The van der Waals surface area contributed by atoms with Gasteiger partial charge in [-0.15, -0.1) is 0 Å². The fraction of sp³-hybridized carbons (Fsp3) is 0.381. The third-order valence-electron chi connectivity index (χ3n) is 13.7. The van der Waals surface area contributed by atoms with E-state index >= 15 is 0 Å². The average molecular weight is 583 g/mol. The van der Waals surface area contributed by atoms with Gasteiger partial charge in [0.15, 0.2) is 0 Å². The molecule has 5 aromatic rings. The lowest BCUT2D eigenvalue weighted by atomic mass is 9.32. The number of aryl methyl sites for hydroxylation is 2. The largest absolute Gasteiger partial charge is 0.342 e. The molecular weight excluding hydrogens is 543 g/mol. The number of nitrogens with zero attached hydrogens (tertiary/aromatic N) is 2. The normalized spacial score (nSPS) is 28.0. The van der Waals surface area contributed by atoms with Crippen molar-refractivity contribution in [1.29, 1.82) is 0 Å². The molecule has 0 aromatic heterocycles. The first-order valence-electron chi connectivity index (χ1n) is 18.0. The second kappa shape index (κ2) is 8.35. The first-order valence-corrected chi connectivity index (χ1v) is 18.0. The Balaban J connectivity index is 1.20. The molecule has 0 spiro atoms. The van der Waals surface area contributed by atoms with Crippen LogP contribution in [0, 0.1) is 17.8 Å². The Morgan fingerprint density at radius 3 is 1.60 bits per heavy atom. The van der Waals surface area contributed by atoms with Crippen LogP contribution in [0.3, 0.4) is 0 Å². The van der Waals surface area contributed by atoms with Gasteiger partial charge in [-0.3, -0.25) is 0 Å². The van der Waals surface area contributed by atoms with Crippen LogP contribution in [0.5, 0.6) is 0 Å². The molecule has 4 bridgehead atoms. The molecule has 8 aliphatic rings. The summed E-state index contributed by atoms with van der Waals surface area (Å²) >= 11 is 0. The van der Waals surface area contributed by atoms with Crippen molar-refractivity contribution in [2.24, 2.45) is 17.8 Å². The van der Waals surface area contributed by atoms with Crippen molar-refractivity contribution in [1.82, 2.24) is 0 Å². The maximum Gasteiger partial charge on any atom is 0.252 e. The molecule has 4 fully saturated rings. The highest BCUT2D eigenvalue weighted by molar-refractivity contribution is 7.00. The van der Waals surface area contributed by atoms with Gasteiger partial charge < -0.3 is 9.80 Å². The standard InChI is InChI=1S/C42H39BN2/c1-3-9-31-28(7-1)18-35-40-33(31)11-5-13-44(40)37-20-30(42-22-25-15-26(23-42)17-27(16-25)24-42)21-38-39(37)43(35)36-19-29-8-2-4-10-32(29)34-12-6-14-45(38)41(34)36/h1-4,7-10,18-21,25-27H,5-6,11-17,22-24H2. The van der Waals surface area contributed by atoms with Gasteiger partial charge in [0.1, 0.15) is 0 Å².